The maximum atomic E-state index is 4.77. The molecule has 0 radical (unpaired) electrons. The van der Waals surface area contributed by atoms with Crippen LogP contribution in [0.2, 0.25) is 0 Å². The molecule has 1 saturated heterocycles. The molecule has 82 valence electrons. The van der Waals surface area contributed by atoms with Gasteiger partial charge in [-0.1, -0.05) is 0 Å². The van der Waals surface area contributed by atoms with Crippen LogP contribution in [0.15, 0.2) is 0 Å². The number of imidazole rings is 1. The largest absolute Gasteiger partial charge is 0.344 e. The van der Waals surface area contributed by atoms with Crippen LogP contribution in [0, 0.1) is 0 Å². The first-order valence-corrected chi connectivity index (χ1v) is 6.95. The zero-order valence-electron chi connectivity index (χ0n) is 8.88. The van der Waals surface area contributed by atoms with E-state index in [-0.39, 0.29) is 0 Å². The molecule has 2 N–H and O–H groups in total. The van der Waals surface area contributed by atoms with Gasteiger partial charge in [-0.3, -0.25) is 0 Å². The van der Waals surface area contributed by atoms with Crippen LogP contribution in [0.25, 0.3) is 0 Å². The molecule has 1 aromatic heterocycles. The number of hydrogen-bond acceptors (Lipinski definition) is 3. The third-order valence-electron chi connectivity index (χ3n) is 3.27. The third-order valence-corrected chi connectivity index (χ3v) is 4.49. The predicted octanol–water partition coefficient (Wildman–Crippen LogP) is 1.67. The molecule has 0 spiro atoms. The monoisotopic (exact) mass is 223 g/mol. The summed E-state index contributed by atoms with van der Waals surface area (Å²) < 4.78 is 0. The minimum atomic E-state index is 0.675. The molecule has 0 aromatic carbocycles. The third kappa shape index (κ3) is 1.93. The Hall–Kier alpha value is -0.480. The molecular weight excluding hydrogens is 206 g/mol. The first-order valence-electron chi connectivity index (χ1n) is 5.79. The van der Waals surface area contributed by atoms with Gasteiger partial charge < -0.3 is 10.3 Å². The van der Waals surface area contributed by atoms with Gasteiger partial charge in [-0.05, 0) is 18.6 Å². The number of thioether (sulfide) groups is 1. The van der Waals surface area contributed by atoms with Crippen LogP contribution < -0.4 is 5.32 Å². The summed E-state index contributed by atoms with van der Waals surface area (Å²) in [7, 11) is 0. The molecule has 0 amide bonds. The first kappa shape index (κ1) is 9.73. The molecule has 1 unspecified atom stereocenters. The molecule has 0 bridgehead atoms. The van der Waals surface area contributed by atoms with Crippen molar-refractivity contribution >= 4 is 11.8 Å². The van der Waals surface area contributed by atoms with Crippen molar-refractivity contribution in [3.63, 3.8) is 0 Å². The Labute approximate surface area is 94.4 Å². The fourth-order valence-corrected chi connectivity index (χ4v) is 3.54. The smallest absolute Gasteiger partial charge is 0.110 e. The van der Waals surface area contributed by atoms with Crippen LogP contribution >= 0.6 is 11.8 Å². The summed E-state index contributed by atoms with van der Waals surface area (Å²) in [5, 5.41) is 3.38. The van der Waals surface area contributed by atoms with E-state index in [4.69, 9.17) is 4.98 Å². The van der Waals surface area contributed by atoms with E-state index in [1.807, 2.05) is 0 Å². The molecule has 3 rings (SSSR count). The van der Waals surface area contributed by atoms with Gasteiger partial charge in [0, 0.05) is 31.2 Å². The number of fused-ring (bicyclic) bond motifs is 1. The Morgan fingerprint density at radius 3 is 3.20 bits per heavy atom. The summed E-state index contributed by atoms with van der Waals surface area (Å²) in [4.78, 5) is 8.28. The molecule has 2 aliphatic rings. The molecule has 2 aliphatic heterocycles. The van der Waals surface area contributed by atoms with Gasteiger partial charge in [0.15, 0.2) is 0 Å². The van der Waals surface area contributed by atoms with Crippen LogP contribution in [0.1, 0.15) is 36.0 Å². The maximum Gasteiger partial charge on any atom is 0.110 e. The number of aromatic amines is 1. The van der Waals surface area contributed by atoms with E-state index in [0.717, 1.165) is 19.5 Å². The van der Waals surface area contributed by atoms with Crippen molar-refractivity contribution in [3.8, 4) is 0 Å². The lowest BCUT2D eigenvalue weighted by Crippen LogP contribution is -2.23. The molecule has 1 fully saturated rings. The number of nitrogens with zero attached hydrogens (tertiary/aromatic N) is 1. The molecule has 0 aliphatic carbocycles. The molecule has 4 heteroatoms. The Morgan fingerprint density at radius 2 is 2.40 bits per heavy atom. The lowest BCUT2D eigenvalue weighted by molar-refractivity contribution is 0.624. The quantitative estimate of drug-likeness (QED) is 0.761. The van der Waals surface area contributed by atoms with Gasteiger partial charge in [-0.15, -0.1) is 0 Å². The van der Waals surface area contributed by atoms with Crippen molar-refractivity contribution in [1.29, 1.82) is 0 Å². The molecular formula is C11H17N3S. The lowest BCUT2D eigenvalue weighted by Gasteiger charge is -2.18. The minimum absolute atomic E-state index is 0.675. The van der Waals surface area contributed by atoms with E-state index in [9.17, 15) is 0 Å². The van der Waals surface area contributed by atoms with Crippen molar-refractivity contribution < 1.29 is 0 Å². The van der Waals surface area contributed by atoms with Gasteiger partial charge in [0.1, 0.15) is 5.82 Å². The van der Waals surface area contributed by atoms with E-state index in [1.165, 1.54) is 41.6 Å². The summed E-state index contributed by atoms with van der Waals surface area (Å²) in [5.74, 6) is 4.50. The van der Waals surface area contributed by atoms with E-state index >= 15 is 0 Å². The summed E-state index contributed by atoms with van der Waals surface area (Å²) >= 11 is 2.07. The number of hydrogen-bond donors (Lipinski definition) is 2. The van der Waals surface area contributed by atoms with E-state index < -0.39 is 0 Å². The second kappa shape index (κ2) is 4.18. The van der Waals surface area contributed by atoms with Gasteiger partial charge >= 0.3 is 0 Å². The number of H-pyrrole nitrogens is 1. The average Bonchev–Trinajstić information content (AvgIpc) is 2.74. The molecule has 0 saturated carbocycles. The van der Waals surface area contributed by atoms with Gasteiger partial charge in [-0.2, -0.15) is 11.8 Å². The van der Waals surface area contributed by atoms with Crippen LogP contribution in [0.4, 0.5) is 0 Å². The second-order valence-corrected chi connectivity index (χ2v) is 5.54. The highest BCUT2D eigenvalue weighted by Crippen LogP contribution is 2.30. The highest BCUT2D eigenvalue weighted by Gasteiger charge is 2.21. The summed E-state index contributed by atoms with van der Waals surface area (Å²) in [6.45, 7) is 2.05. The molecule has 1 aromatic rings. The van der Waals surface area contributed by atoms with Crippen LogP contribution in [0.5, 0.6) is 0 Å². The van der Waals surface area contributed by atoms with Crippen molar-refractivity contribution in [2.75, 3.05) is 18.1 Å². The zero-order chi connectivity index (χ0) is 10.1. The second-order valence-electron chi connectivity index (χ2n) is 4.39. The Balaban J connectivity index is 1.82. The lowest BCUT2D eigenvalue weighted by atomic mass is 10.1. The van der Waals surface area contributed by atoms with Crippen molar-refractivity contribution in [3.05, 3.63) is 17.2 Å². The standard InChI is InChI=1S/C11H17N3S/c1-2-8(7-15-5-1)11-13-9-3-4-12-6-10(9)14-11/h8,12H,1-7H2,(H,13,14). The molecule has 15 heavy (non-hydrogen) atoms. The SMILES string of the molecule is C1CSCC(c2nc3c([nH]2)CNCC3)C1. The zero-order valence-corrected chi connectivity index (χ0v) is 9.70. The van der Waals surface area contributed by atoms with E-state index in [2.05, 4.69) is 22.1 Å². The minimum Gasteiger partial charge on any atom is -0.344 e. The number of aromatic nitrogens is 2. The van der Waals surface area contributed by atoms with E-state index in [0.29, 0.717) is 5.92 Å². The van der Waals surface area contributed by atoms with Crippen LogP contribution in [-0.4, -0.2) is 28.0 Å². The normalized spacial score (nSPS) is 26.3. The van der Waals surface area contributed by atoms with Crippen molar-refractivity contribution in [2.24, 2.45) is 0 Å². The summed E-state index contributed by atoms with van der Waals surface area (Å²) in [5.41, 5.74) is 2.63. The van der Waals surface area contributed by atoms with Crippen LogP contribution in [0.3, 0.4) is 0 Å². The summed E-state index contributed by atoms with van der Waals surface area (Å²) in [6, 6.07) is 0. The van der Waals surface area contributed by atoms with Crippen molar-refractivity contribution in [2.45, 2.75) is 31.7 Å². The fraction of sp³-hybridized carbons (Fsp3) is 0.727. The predicted molar refractivity (Wildman–Crippen MR) is 63.3 cm³/mol. The maximum absolute atomic E-state index is 4.77. The van der Waals surface area contributed by atoms with Gasteiger partial charge in [0.25, 0.3) is 0 Å². The average molecular weight is 223 g/mol. The Bertz CT molecular complexity index is 318. The Morgan fingerprint density at radius 1 is 1.40 bits per heavy atom. The van der Waals surface area contributed by atoms with Gasteiger partial charge in [0.05, 0.1) is 11.4 Å². The van der Waals surface area contributed by atoms with Crippen molar-refractivity contribution in [1.82, 2.24) is 15.3 Å². The van der Waals surface area contributed by atoms with Gasteiger partial charge in [-0.25, -0.2) is 4.98 Å². The topological polar surface area (TPSA) is 40.7 Å². The highest BCUT2D eigenvalue weighted by molar-refractivity contribution is 7.99. The Kier molecular flexibility index (Phi) is 2.71. The number of nitrogens with one attached hydrogen (secondary N) is 2. The van der Waals surface area contributed by atoms with E-state index in [1.54, 1.807) is 0 Å². The molecule has 3 heterocycles. The number of rotatable bonds is 1. The van der Waals surface area contributed by atoms with Gasteiger partial charge in [0.2, 0.25) is 0 Å². The molecule has 1 atom stereocenters. The first-order chi connectivity index (χ1) is 7.43. The highest BCUT2D eigenvalue weighted by atomic mass is 32.2. The summed E-state index contributed by atoms with van der Waals surface area (Å²) in [6.07, 6.45) is 3.75. The van der Waals surface area contributed by atoms with Crippen LogP contribution in [-0.2, 0) is 13.0 Å². The molecule has 3 nitrogen and oxygen atoms in total. The fourth-order valence-electron chi connectivity index (χ4n) is 2.39.